The topological polar surface area (TPSA) is 63.4 Å². The normalized spacial score (nSPS) is 24.0. The van der Waals surface area contributed by atoms with Gasteiger partial charge in [-0.15, -0.1) is 0 Å². The molecule has 1 aliphatic heterocycles. The maximum Gasteiger partial charge on any atom is 0.241 e. The third-order valence-corrected chi connectivity index (χ3v) is 4.07. The Morgan fingerprint density at radius 3 is 2.81 bits per heavy atom. The van der Waals surface area contributed by atoms with Crippen LogP contribution in [0, 0.1) is 5.92 Å². The monoisotopic (exact) mass is 288 g/mol. The summed E-state index contributed by atoms with van der Waals surface area (Å²) in [5.41, 5.74) is 8.25. The zero-order valence-electron chi connectivity index (χ0n) is 11.6. The van der Waals surface area contributed by atoms with Crippen LogP contribution in [0.1, 0.15) is 23.1 Å². The van der Waals surface area contributed by atoms with Crippen LogP contribution in [0.2, 0.25) is 0 Å². The standard InChI is InChI=1S/C16H17FN2O2/c17-14-8-13(14)16(21)19-7-6-12-10(4-5-15(18)20)2-1-3-11(12)9-19/h1-5,13-14H,6-9H2,(H2,18,20)/b5-4+. The fourth-order valence-corrected chi connectivity index (χ4v) is 2.81. The Bertz CT molecular complexity index is 627. The molecule has 0 spiro atoms. The molecule has 110 valence electrons. The molecule has 2 unspecified atom stereocenters. The molecule has 21 heavy (non-hydrogen) atoms. The maximum absolute atomic E-state index is 13.0. The van der Waals surface area contributed by atoms with Crippen LogP contribution in [0.3, 0.4) is 0 Å². The summed E-state index contributed by atoms with van der Waals surface area (Å²) >= 11 is 0. The second kappa shape index (κ2) is 5.31. The van der Waals surface area contributed by atoms with E-state index in [0.717, 1.165) is 16.7 Å². The Kier molecular flexibility index (Phi) is 3.49. The molecule has 1 aromatic carbocycles. The van der Waals surface area contributed by atoms with Gasteiger partial charge in [0.1, 0.15) is 6.17 Å². The van der Waals surface area contributed by atoms with Crippen molar-refractivity contribution >= 4 is 17.9 Å². The van der Waals surface area contributed by atoms with Crippen molar-refractivity contribution in [2.75, 3.05) is 6.54 Å². The van der Waals surface area contributed by atoms with Crippen LogP contribution in [0.5, 0.6) is 0 Å². The summed E-state index contributed by atoms with van der Waals surface area (Å²) in [6, 6.07) is 5.78. The molecule has 4 nitrogen and oxygen atoms in total. The van der Waals surface area contributed by atoms with Crippen LogP contribution < -0.4 is 5.73 Å². The quantitative estimate of drug-likeness (QED) is 0.855. The average molecular weight is 288 g/mol. The van der Waals surface area contributed by atoms with Gasteiger partial charge in [-0.2, -0.15) is 0 Å². The molecule has 1 aliphatic carbocycles. The molecule has 1 aromatic rings. The Balaban J connectivity index is 1.79. The van der Waals surface area contributed by atoms with E-state index in [2.05, 4.69) is 0 Å². The van der Waals surface area contributed by atoms with E-state index in [1.807, 2.05) is 18.2 Å². The number of primary amides is 1. The smallest absolute Gasteiger partial charge is 0.241 e. The molecule has 1 saturated carbocycles. The molecule has 5 heteroatoms. The van der Waals surface area contributed by atoms with Gasteiger partial charge in [0.25, 0.3) is 0 Å². The summed E-state index contributed by atoms with van der Waals surface area (Å²) in [5, 5.41) is 0. The van der Waals surface area contributed by atoms with E-state index in [4.69, 9.17) is 5.73 Å². The van der Waals surface area contributed by atoms with Gasteiger partial charge in [-0.3, -0.25) is 9.59 Å². The lowest BCUT2D eigenvalue weighted by Crippen LogP contribution is -2.37. The fraction of sp³-hybridized carbons (Fsp3) is 0.375. The first-order chi connectivity index (χ1) is 10.1. The Hall–Kier alpha value is -2.17. The molecule has 2 aliphatic rings. The molecule has 0 radical (unpaired) electrons. The van der Waals surface area contributed by atoms with Gasteiger partial charge >= 0.3 is 0 Å². The predicted octanol–water partition coefficient (Wildman–Crippen LogP) is 1.43. The molecular formula is C16H17FN2O2. The van der Waals surface area contributed by atoms with E-state index in [-0.39, 0.29) is 5.91 Å². The molecule has 0 aromatic heterocycles. The summed E-state index contributed by atoms with van der Waals surface area (Å²) in [6.45, 7) is 1.10. The van der Waals surface area contributed by atoms with Gasteiger partial charge in [-0.1, -0.05) is 18.2 Å². The predicted molar refractivity (Wildman–Crippen MR) is 76.8 cm³/mol. The molecule has 2 N–H and O–H groups in total. The van der Waals surface area contributed by atoms with Gasteiger partial charge in [0, 0.05) is 19.2 Å². The number of rotatable bonds is 3. The highest BCUT2D eigenvalue weighted by Gasteiger charge is 2.46. The van der Waals surface area contributed by atoms with E-state index < -0.39 is 18.0 Å². The number of amides is 2. The van der Waals surface area contributed by atoms with E-state index in [9.17, 15) is 14.0 Å². The fourth-order valence-electron chi connectivity index (χ4n) is 2.81. The largest absolute Gasteiger partial charge is 0.366 e. The zero-order chi connectivity index (χ0) is 15.0. The average Bonchev–Trinajstić information content (AvgIpc) is 3.20. The number of benzene rings is 1. The first-order valence-electron chi connectivity index (χ1n) is 7.07. The lowest BCUT2D eigenvalue weighted by atomic mass is 9.94. The molecule has 1 fully saturated rings. The second-order valence-corrected chi connectivity index (χ2v) is 5.59. The Morgan fingerprint density at radius 1 is 1.38 bits per heavy atom. The van der Waals surface area contributed by atoms with Crippen LogP contribution in [-0.4, -0.2) is 29.4 Å². The summed E-state index contributed by atoms with van der Waals surface area (Å²) < 4.78 is 13.0. The van der Waals surface area contributed by atoms with Crippen molar-refractivity contribution < 1.29 is 14.0 Å². The van der Waals surface area contributed by atoms with Crippen molar-refractivity contribution in [1.29, 1.82) is 0 Å². The van der Waals surface area contributed by atoms with Gasteiger partial charge in [-0.25, -0.2) is 4.39 Å². The van der Waals surface area contributed by atoms with Crippen LogP contribution in [-0.2, 0) is 22.6 Å². The summed E-state index contributed by atoms with van der Waals surface area (Å²) in [5.74, 6) is -0.987. The first-order valence-corrected chi connectivity index (χ1v) is 7.07. The molecule has 0 bridgehead atoms. The third-order valence-electron chi connectivity index (χ3n) is 4.07. The second-order valence-electron chi connectivity index (χ2n) is 5.59. The number of nitrogens with zero attached hydrogens (tertiary/aromatic N) is 1. The number of carbonyl (C=O) groups is 2. The van der Waals surface area contributed by atoms with Crippen molar-refractivity contribution in [3.63, 3.8) is 0 Å². The van der Waals surface area contributed by atoms with E-state index in [0.29, 0.717) is 25.9 Å². The van der Waals surface area contributed by atoms with Gasteiger partial charge in [0.05, 0.1) is 5.92 Å². The van der Waals surface area contributed by atoms with Crippen molar-refractivity contribution in [2.45, 2.75) is 25.6 Å². The highest BCUT2D eigenvalue weighted by molar-refractivity contribution is 5.90. The third kappa shape index (κ3) is 2.82. The van der Waals surface area contributed by atoms with Crippen molar-refractivity contribution in [2.24, 2.45) is 11.7 Å². The van der Waals surface area contributed by atoms with Crippen LogP contribution in [0.25, 0.3) is 6.08 Å². The van der Waals surface area contributed by atoms with E-state index in [1.54, 1.807) is 11.0 Å². The van der Waals surface area contributed by atoms with Gasteiger partial charge in [0.2, 0.25) is 11.8 Å². The minimum absolute atomic E-state index is 0.0776. The highest BCUT2D eigenvalue weighted by atomic mass is 19.1. The number of fused-ring (bicyclic) bond motifs is 1. The number of halogens is 1. The number of carbonyl (C=O) groups excluding carboxylic acids is 2. The minimum Gasteiger partial charge on any atom is -0.366 e. The number of hydrogen-bond acceptors (Lipinski definition) is 2. The first kappa shape index (κ1) is 13.8. The van der Waals surface area contributed by atoms with Crippen LogP contribution in [0.4, 0.5) is 4.39 Å². The lowest BCUT2D eigenvalue weighted by Gasteiger charge is -2.30. The minimum atomic E-state index is -0.955. The number of hydrogen-bond donors (Lipinski definition) is 1. The Labute approximate surface area is 122 Å². The molecule has 2 atom stereocenters. The van der Waals surface area contributed by atoms with Crippen molar-refractivity contribution in [1.82, 2.24) is 4.90 Å². The molecule has 2 amide bonds. The molecule has 0 saturated heterocycles. The molecular weight excluding hydrogens is 271 g/mol. The zero-order valence-corrected chi connectivity index (χ0v) is 11.6. The summed E-state index contributed by atoms with van der Waals surface area (Å²) in [4.78, 5) is 24.7. The lowest BCUT2D eigenvalue weighted by molar-refractivity contribution is -0.133. The number of alkyl halides is 1. The number of nitrogens with two attached hydrogens (primary N) is 1. The summed E-state index contributed by atoms with van der Waals surface area (Å²) in [6.07, 6.45) is 3.17. The maximum atomic E-state index is 13.0. The molecule has 3 rings (SSSR count). The SMILES string of the molecule is NC(=O)/C=C/c1cccc2c1CCN(C(=O)C1CC1F)C2. The van der Waals surface area contributed by atoms with Gasteiger partial charge < -0.3 is 10.6 Å². The van der Waals surface area contributed by atoms with E-state index in [1.165, 1.54) is 6.08 Å². The van der Waals surface area contributed by atoms with E-state index >= 15 is 0 Å². The summed E-state index contributed by atoms with van der Waals surface area (Å²) in [7, 11) is 0. The molecule has 1 heterocycles. The van der Waals surface area contributed by atoms with Gasteiger partial charge in [-0.05, 0) is 35.6 Å². The van der Waals surface area contributed by atoms with Crippen LogP contribution in [0.15, 0.2) is 24.3 Å². The van der Waals surface area contributed by atoms with Crippen molar-refractivity contribution in [3.05, 3.63) is 41.0 Å². The van der Waals surface area contributed by atoms with Gasteiger partial charge in [0.15, 0.2) is 0 Å². The highest BCUT2D eigenvalue weighted by Crippen LogP contribution is 2.36. The Morgan fingerprint density at radius 2 is 2.14 bits per heavy atom. The van der Waals surface area contributed by atoms with Crippen LogP contribution >= 0.6 is 0 Å². The van der Waals surface area contributed by atoms with Crippen molar-refractivity contribution in [3.8, 4) is 0 Å².